The van der Waals surface area contributed by atoms with E-state index >= 15 is 0 Å². The van der Waals surface area contributed by atoms with Crippen LogP contribution >= 0.6 is 11.6 Å². The molecule has 0 spiro atoms. The molecule has 1 unspecified atom stereocenters. The number of para-hydroxylation sites is 1. The van der Waals surface area contributed by atoms with Crippen molar-refractivity contribution in [2.75, 3.05) is 7.11 Å². The lowest BCUT2D eigenvalue weighted by molar-refractivity contribution is 0.0850. The van der Waals surface area contributed by atoms with Crippen molar-refractivity contribution in [1.82, 2.24) is 0 Å². The molecule has 0 radical (unpaired) electrons. The maximum absolute atomic E-state index is 12.2. The summed E-state index contributed by atoms with van der Waals surface area (Å²) >= 11 is 6.11. The summed E-state index contributed by atoms with van der Waals surface area (Å²) in [6.07, 6.45) is 0.0143. The highest BCUT2D eigenvalue weighted by Gasteiger charge is 2.29. The van der Waals surface area contributed by atoms with Gasteiger partial charge in [0.2, 0.25) is 0 Å². The number of benzene rings is 2. The van der Waals surface area contributed by atoms with Gasteiger partial charge in [-0.2, -0.15) is 0 Å². The molecule has 1 aliphatic heterocycles. The molecule has 1 heterocycles. The molecule has 0 bridgehead atoms. The van der Waals surface area contributed by atoms with Crippen molar-refractivity contribution in [3.63, 3.8) is 0 Å². The monoisotopic (exact) mass is 288 g/mol. The molecule has 0 fully saturated rings. The maximum Gasteiger partial charge on any atom is 0.170 e. The number of methoxy groups -OCH3 is 1. The second-order valence-electron chi connectivity index (χ2n) is 4.62. The fraction of sp³-hybridized carbons (Fsp3) is 0.188. The van der Waals surface area contributed by atoms with Crippen LogP contribution in [0.2, 0.25) is 5.02 Å². The van der Waals surface area contributed by atoms with Gasteiger partial charge in [0.25, 0.3) is 0 Å². The van der Waals surface area contributed by atoms with Gasteiger partial charge in [0.15, 0.2) is 5.78 Å². The minimum absolute atomic E-state index is 0.0505. The molecule has 3 nitrogen and oxygen atoms in total. The summed E-state index contributed by atoms with van der Waals surface area (Å²) in [5.41, 5.74) is 1.49. The molecular weight excluding hydrogens is 276 g/mol. The largest absolute Gasteiger partial charge is 0.497 e. The van der Waals surface area contributed by atoms with Gasteiger partial charge in [0.05, 0.1) is 24.1 Å². The summed E-state index contributed by atoms with van der Waals surface area (Å²) in [5, 5.41) is 0.467. The van der Waals surface area contributed by atoms with E-state index in [0.717, 1.165) is 11.3 Å². The first-order chi connectivity index (χ1) is 9.69. The number of hydrogen-bond donors (Lipinski definition) is 0. The highest BCUT2D eigenvalue weighted by Crippen LogP contribution is 2.39. The summed E-state index contributed by atoms with van der Waals surface area (Å²) < 4.78 is 11.0. The van der Waals surface area contributed by atoms with Crippen molar-refractivity contribution in [3.8, 4) is 11.5 Å². The number of halogens is 1. The standard InChI is InChI=1S/C16H13ClO3/c1-19-11-7-5-10(6-8-11)15-9-14(18)12-3-2-4-13(17)16(12)20-15/h2-8,15H,9H2,1H3. The molecule has 3 rings (SSSR count). The van der Waals surface area contributed by atoms with Crippen LogP contribution in [0.25, 0.3) is 0 Å². The number of fused-ring (bicyclic) bond motifs is 1. The predicted octanol–water partition coefficient (Wildman–Crippen LogP) is 4.06. The summed E-state index contributed by atoms with van der Waals surface area (Å²) in [6, 6.07) is 12.7. The Hall–Kier alpha value is -2.00. The van der Waals surface area contributed by atoms with Crippen molar-refractivity contribution in [1.29, 1.82) is 0 Å². The quantitative estimate of drug-likeness (QED) is 0.836. The van der Waals surface area contributed by atoms with Crippen molar-refractivity contribution >= 4 is 17.4 Å². The fourth-order valence-electron chi connectivity index (χ4n) is 2.31. The average Bonchev–Trinajstić information content (AvgIpc) is 2.48. The van der Waals surface area contributed by atoms with Crippen molar-refractivity contribution in [3.05, 3.63) is 58.6 Å². The van der Waals surface area contributed by atoms with Crippen LogP contribution in [0.3, 0.4) is 0 Å². The Morgan fingerprint density at radius 1 is 1.20 bits per heavy atom. The number of rotatable bonds is 2. The molecule has 0 saturated carbocycles. The van der Waals surface area contributed by atoms with E-state index in [1.165, 1.54) is 0 Å². The van der Waals surface area contributed by atoms with Crippen LogP contribution < -0.4 is 9.47 Å². The summed E-state index contributed by atoms with van der Waals surface area (Å²) in [6.45, 7) is 0. The maximum atomic E-state index is 12.2. The molecule has 2 aromatic carbocycles. The lowest BCUT2D eigenvalue weighted by Crippen LogP contribution is -2.20. The van der Waals surface area contributed by atoms with Crippen LogP contribution in [0, 0.1) is 0 Å². The van der Waals surface area contributed by atoms with Crippen LogP contribution in [-0.4, -0.2) is 12.9 Å². The number of Topliss-reactive ketones (excluding diaryl/α,β-unsaturated/α-hetero) is 1. The smallest absolute Gasteiger partial charge is 0.170 e. The van der Waals surface area contributed by atoms with Gasteiger partial charge >= 0.3 is 0 Å². The van der Waals surface area contributed by atoms with Crippen LogP contribution in [0.5, 0.6) is 11.5 Å². The van der Waals surface area contributed by atoms with Crippen LogP contribution in [0.15, 0.2) is 42.5 Å². The van der Waals surface area contributed by atoms with Crippen molar-refractivity contribution in [2.24, 2.45) is 0 Å². The Labute approximate surface area is 122 Å². The lowest BCUT2D eigenvalue weighted by Gasteiger charge is -2.26. The number of carbonyl (C=O) groups excluding carboxylic acids is 1. The Kier molecular flexibility index (Phi) is 3.36. The van der Waals surface area contributed by atoms with E-state index in [0.29, 0.717) is 22.8 Å². The zero-order chi connectivity index (χ0) is 14.1. The molecule has 1 aliphatic rings. The second-order valence-corrected chi connectivity index (χ2v) is 5.03. The molecule has 1 atom stereocenters. The van der Waals surface area contributed by atoms with Crippen molar-refractivity contribution < 1.29 is 14.3 Å². The Morgan fingerprint density at radius 2 is 1.95 bits per heavy atom. The molecule has 0 amide bonds. The Morgan fingerprint density at radius 3 is 2.65 bits per heavy atom. The molecular formula is C16H13ClO3. The first kappa shape index (κ1) is 13.0. The third-order valence-electron chi connectivity index (χ3n) is 3.39. The van der Waals surface area contributed by atoms with E-state index in [1.807, 2.05) is 24.3 Å². The van der Waals surface area contributed by atoms with Gasteiger partial charge in [0.1, 0.15) is 17.6 Å². The first-order valence-corrected chi connectivity index (χ1v) is 6.69. The first-order valence-electron chi connectivity index (χ1n) is 6.31. The second kappa shape index (κ2) is 5.17. The molecule has 20 heavy (non-hydrogen) atoms. The highest BCUT2D eigenvalue weighted by atomic mass is 35.5. The molecule has 2 aromatic rings. The van der Waals surface area contributed by atoms with Crippen LogP contribution in [0.1, 0.15) is 28.4 Å². The fourth-order valence-corrected chi connectivity index (χ4v) is 2.53. The van der Waals surface area contributed by atoms with E-state index in [9.17, 15) is 4.79 Å². The Balaban J connectivity index is 1.94. The number of carbonyl (C=O) groups is 1. The van der Waals surface area contributed by atoms with E-state index in [1.54, 1.807) is 25.3 Å². The molecule has 0 saturated heterocycles. The summed E-state index contributed by atoms with van der Waals surface area (Å²) in [7, 11) is 1.62. The molecule has 0 aromatic heterocycles. The lowest BCUT2D eigenvalue weighted by atomic mass is 9.96. The SMILES string of the molecule is COc1ccc(C2CC(=O)c3cccc(Cl)c3O2)cc1. The minimum Gasteiger partial charge on any atom is -0.497 e. The van der Waals surface area contributed by atoms with Crippen molar-refractivity contribution in [2.45, 2.75) is 12.5 Å². The third-order valence-corrected chi connectivity index (χ3v) is 3.68. The number of ketones is 1. The van der Waals surface area contributed by atoms with Gasteiger partial charge in [-0.3, -0.25) is 4.79 Å². The molecule has 0 N–H and O–H groups in total. The zero-order valence-corrected chi connectivity index (χ0v) is 11.7. The topological polar surface area (TPSA) is 35.5 Å². The number of hydrogen-bond acceptors (Lipinski definition) is 3. The third kappa shape index (κ3) is 2.25. The summed E-state index contributed by atoms with van der Waals surface area (Å²) in [4.78, 5) is 12.2. The Bertz CT molecular complexity index is 649. The number of ether oxygens (including phenoxy) is 2. The van der Waals surface area contributed by atoms with E-state index in [4.69, 9.17) is 21.1 Å². The minimum atomic E-state index is -0.305. The molecule has 4 heteroatoms. The molecule has 0 aliphatic carbocycles. The average molecular weight is 289 g/mol. The summed E-state index contributed by atoms with van der Waals surface area (Å²) in [5.74, 6) is 1.30. The van der Waals surface area contributed by atoms with E-state index in [2.05, 4.69) is 0 Å². The van der Waals surface area contributed by atoms with E-state index < -0.39 is 0 Å². The molecule has 102 valence electrons. The van der Waals surface area contributed by atoms with Crippen LogP contribution in [-0.2, 0) is 0 Å². The van der Waals surface area contributed by atoms with Gasteiger partial charge < -0.3 is 9.47 Å². The normalized spacial score (nSPS) is 17.3. The van der Waals surface area contributed by atoms with Gasteiger partial charge in [-0.1, -0.05) is 29.8 Å². The predicted molar refractivity (Wildman–Crippen MR) is 76.8 cm³/mol. The van der Waals surface area contributed by atoms with Crippen LogP contribution in [0.4, 0.5) is 0 Å². The van der Waals surface area contributed by atoms with Gasteiger partial charge in [-0.15, -0.1) is 0 Å². The van der Waals surface area contributed by atoms with Gasteiger partial charge in [-0.25, -0.2) is 0 Å². The van der Waals surface area contributed by atoms with E-state index in [-0.39, 0.29) is 11.9 Å². The van der Waals surface area contributed by atoms with Gasteiger partial charge in [-0.05, 0) is 29.8 Å². The van der Waals surface area contributed by atoms with Gasteiger partial charge in [0, 0.05) is 0 Å². The zero-order valence-electron chi connectivity index (χ0n) is 10.9. The highest BCUT2D eigenvalue weighted by molar-refractivity contribution is 6.32.